The second-order valence-corrected chi connectivity index (χ2v) is 10.3. The Bertz CT molecular complexity index is 307. The smallest absolute Gasteiger partial charge is 0.109 e. The summed E-state index contributed by atoms with van der Waals surface area (Å²) in [6.07, 6.45) is 28.1. The van der Waals surface area contributed by atoms with Gasteiger partial charge < -0.3 is 9.59 Å². The van der Waals surface area contributed by atoms with E-state index in [1.807, 2.05) is 0 Å². The number of rotatable bonds is 24. The normalized spacial score (nSPS) is 13.1. The molecule has 0 bridgehead atoms. The van der Waals surface area contributed by atoms with E-state index in [-0.39, 0.29) is 0 Å². The zero-order valence-corrected chi connectivity index (χ0v) is 21.7. The quantitative estimate of drug-likeness (QED) is 0.121. The predicted molar refractivity (Wildman–Crippen MR) is 136 cm³/mol. The molecule has 0 saturated carbocycles. The lowest BCUT2D eigenvalue weighted by atomic mass is 10.0. The zero-order valence-electron chi connectivity index (χ0n) is 21.7. The maximum atomic E-state index is 9.78. The number of likely N-dealkylation sites (N-methyl/N-ethyl adjacent to an activating group) is 1. The summed E-state index contributed by atoms with van der Waals surface area (Å²) < 4.78 is 1.07. The highest BCUT2D eigenvalue weighted by Crippen LogP contribution is 2.18. The van der Waals surface area contributed by atoms with E-state index < -0.39 is 0 Å². The molecule has 0 fully saturated rings. The van der Waals surface area contributed by atoms with E-state index in [9.17, 15) is 5.11 Å². The summed E-state index contributed by atoms with van der Waals surface area (Å²) in [4.78, 5) is 0. The van der Waals surface area contributed by atoms with Gasteiger partial charge in [-0.25, -0.2) is 0 Å². The Kier molecular flexibility index (Phi) is 22.1. The fourth-order valence-electron chi connectivity index (χ4n) is 4.67. The Morgan fingerprint density at radius 3 is 1.03 bits per heavy atom. The van der Waals surface area contributed by atoms with Gasteiger partial charge in [0.2, 0.25) is 0 Å². The molecule has 182 valence electrons. The molecular formula is C28H60NO+. The molecule has 0 heterocycles. The molecule has 0 aromatic heterocycles. The molecule has 0 aromatic rings. The van der Waals surface area contributed by atoms with Crippen molar-refractivity contribution in [2.45, 2.75) is 155 Å². The topological polar surface area (TPSA) is 20.2 Å². The van der Waals surface area contributed by atoms with Crippen LogP contribution in [-0.2, 0) is 0 Å². The second kappa shape index (κ2) is 22.1. The fraction of sp³-hybridized carbons (Fsp3) is 1.00. The van der Waals surface area contributed by atoms with Crippen molar-refractivity contribution in [2.24, 2.45) is 0 Å². The van der Waals surface area contributed by atoms with E-state index in [1.54, 1.807) is 0 Å². The van der Waals surface area contributed by atoms with Crippen LogP contribution in [0.3, 0.4) is 0 Å². The van der Waals surface area contributed by atoms with Crippen molar-refractivity contribution >= 4 is 0 Å². The number of hydrogen-bond acceptors (Lipinski definition) is 1. The van der Waals surface area contributed by atoms with Crippen molar-refractivity contribution in [3.8, 4) is 0 Å². The van der Waals surface area contributed by atoms with Gasteiger partial charge >= 0.3 is 0 Å². The molecule has 0 aliphatic heterocycles. The van der Waals surface area contributed by atoms with E-state index in [2.05, 4.69) is 27.8 Å². The Morgan fingerprint density at radius 1 is 0.500 bits per heavy atom. The number of aliphatic hydroxyl groups excluding tert-OH is 1. The standard InChI is InChI=1S/C28H60NO/c1-5-7-9-11-13-15-17-19-21-23-25-29(4,28(3)27-30)26-24-22-20-18-16-14-12-10-8-6-2/h28,30H,5-27H2,1-4H3/q+1. The SMILES string of the molecule is CCCCCCCCCCCC[N+](C)(CCCCCCCCCCCC)C(C)CO. The minimum atomic E-state index is 0.325. The molecular weight excluding hydrogens is 366 g/mol. The summed E-state index contributed by atoms with van der Waals surface area (Å²) in [5.41, 5.74) is 0. The van der Waals surface area contributed by atoms with Crippen LogP contribution in [0.15, 0.2) is 0 Å². The number of hydrogen-bond donors (Lipinski definition) is 1. The predicted octanol–water partition coefficient (Wildman–Crippen LogP) is 8.66. The van der Waals surface area contributed by atoms with Gasteiger partial charge in [-0.05, 0) is 32.6 Å². The first-order valence-corrected chi connectivity index (χ1v) is 14.1. The average Bonchev–Trinajstić information content (AvgIpc) is 2.75. The molecule has 0 aromatic carbocycles. The lowest BCUT2D eigenvalue weighted by Gasteiger charge is -2.39. The minimum Gasteiger partial charge on any atom is -0.390 e. The largest absolute Gasteiger partial charge is 0.390 e. The molecule has 30 heavy (non-hydrogen) atoms. The molecule has 0 radical (unpaired) electrons. The Morgan fingerprint density at radius 2 is 0.767 bits per heavy atom. The highest BCUT2D eigenvalue weighted by atomic mass is 16.3. The summed E-state index contributed by atoms with van der Waals surface area (Å²) in [5.74, 6) is 0. The van der Waals surface area contributed by atoms with Gasteiger partial charge in [0.1, 0.15) is 6.04 Å². The zero-order chi connectivity index (χ0) is 22.3. The monoisotopic (exact) mass is 426 g/mol. The van der Waals surface area contributed by atoms with Crippen LogP contribution in [0.5, 0.6) is 0 Å². The van der Waals surface area contributed by atoms with Crippen molar-refractivity contribution in [1.82, 2.24) is 0 Å². The Hall–Kier alpha value is -0.0800. The van der Waals surface area contributed by atoms with Gasteiger partial charge in [-0.3, -0.25) is 0 Å². The lowest BCUT2D eigenvalue weighted by Crippen LogP contribution is -2.53. The molecule has 1 unspecified atom stereocenters. The highest BCUT2D eigenvalue weighted by molar-refractivity contribution is 4.55. The maximum Gasteiger partial charge on any atom is 0.109 e. The van der Waals surface area contributed by atoms with Gasteiger partial charge in [0.05, 0.1) is 26.7 Å². The van der Waals surface area contributed by atoms with Crippen molar-refractivity contribution in [2.75, 3.05) is 26.7 Å². The summed E-state index contributed by atoms with van der Waals surface area (Å²) >= 11 is 0. The van der Waals surface area contributed by atoms with Crippen LogP contribution in [-0.4, -0.2) is 42.4 Å². The molecule has 1 N–H and O–H groups in total. The van der Waals surface area contributed by atoms with Crippen molar-refractivity contribution < 1.29 is 9.59 Å². The van der Waals surface area contributed by atoms with Crippen LogP contribution >= 0.6 is 0 Å². The van der Waals surface area contributed by atoms with Gasteiger partial charge in [-0.2, -0.15) is 0 Å². The molecule has 0 aliphatic carbocycles. The van der Waals surface area contributed by atoms with Crippen molar-refractivity contribution in [3.05, 3.63) is 0 Å². The summed E-state index contributed by atoms with van der Waals surface area (Å²) in [7, 11) is 2.39. The molecule has 1 atom stereocenters. The number of quaternary nitrogens is 1. The molecule has 0 aliphatic rings. The molecule has 0 amide bonds. The minimum absolute atomic E-state index is 0.325. The first-order valence-electron chi connectivity index (χ1n) is 14.1. The van der Waals surface area contributed by atoms with Crippen LogP contribution in [0.2, 0.25) is 0 Å². The van der Waals surface area contributed by atoms with E-state index in [4.69, 9.17) is 0 Å². The third kappa shape index (κ3) is 17.6. The summed E-state index contributed by atoms with van der Waals surface area (Å²) in [6, 6.07) is 0.377. The molecule has 0 rings (SSSR count). The maximum absolute atomic E-state index is 9.78. The summed E-state index contributed by atoms with van der Waals surface area (Å²) in [6.45, 7) is 9.64. The Labute approximate surface area is 191 Å². The third-order valence-corrected chi connectivity index (χ3v) is 7.37. The number of aliphatic hydroxyl groups is 1. The van der Waals surface area contributed by atoms with E-state index >= 15 is 0 Å². The third-order valence-electron chi connectivity index (χ3n) is 7.37. The highest BCUT2D eigenvalue weighted by Gasteiger charge is 2.27. The molecule has 2 nitrogen and oxygen atoms in total. The molecule has 0 saturated heterocycles. The molecule has 2 heteroatoms. The van der Waals surface area contributed by atoms with Gasteiger partial charge in [-0.15, -0.1) is 0 Å². The molecule has 0 spiro atoms. The first kappa shape index (κ1) is 29.9. The van der Waals surface area contributed by atoms with E-state index in [1.165, 1.54) is 142 Å². The van der Waals surface area contributed by atoms with Crippen LogP contribution in [0, 0.1) is 0 Å². The van der Waals surface area contributed by atoms with Crippen molar-refractivity contribution in [3.63, 3.8) is 0 Å². The van der Waals surface area contributed by atoms with E-state index in [0.717, 1.165) is 4.48 Å². The van der Waals surface area contributed by atoms with E-state index in [0.29, 0.717) is 12.6 Å². The van der Waals surface area contributed by atoms with Gasteiger partial charge in [-0.1, -0.05) is 117 Å². The van der Waals surface area contributed by atoms with Crippen LogP contribution in [0.1, 0.15) is 149 Å². The average molecular weight is 427 g/mol. The number of nitrogens with zero attached hydrogens (tertiary/aromatic N) is 1. The lowest BCUT2D eigenvalue weighted by molar-refractivity contribution is -0.932. The first-order chi connectivity index (χ1) is 14.6. The van der Waals surface area contributed by atoms with Crippen LogP contribution in [0.4, 0.5) is 0 Å². The van der Waals surface area contributed by atoms with Crippen LogP contribution < -0.4 is 0 Å². The van der Waals surface area contributed by atoms with Crippen LogP contribution in [0.25, 0.3) is 0 Å². The van der Waals surface area contributed by atoms with Crippen molar-refractivity contribution in [1.29, 1.82) is 0 Å². The Balaban J connectivity index is 3.78. The van der Waals surface area contributed by atoms with Gasteiger partial charge in [0.25, 0.3) is 0 Å². The van der Waals surface area contributed by atoms with Gasteiger partial charge in [0, 0.05) is 0 Å². The second-order valence-electron chi connectivity index (χ2n) is 10.3. The number of unbranched alkanes of at least 4 members (excludes halogenated alkanes) is 18. The fourth-order valence-corrected chi connectivity index (χ4v) is 4.67. The van der Waals surface area contributed by atoms with Gasteiger partial charge in [0.15, 0.2) is 0 Å². The summed E-state index contributed by atoms with van der Waals surface area (Å²) in [5, 5.41) is 9.78.